The van der Waals surface area contributed by atoms with Crippen molar-refractivity contribution in [2.24, 2.45) is 5.92 Å². The summed E-state index contributed by atoms with van der Waals surface area (Å²) in [7, 11) is 1.69. The average molecular weight is 247 g/mol. The van der Waals surface area contributed by atoms with Gasteiger partial charge in [-0.15, -0.1) is 0 Å². The lowest BCUT2D eigenvalue weighted by atomic mass is 9.94. The van der Waals surface area contributed by atoms with Crippen molar-refractivity contribution in [3.8, 4) is 5.75 Å². The Hall–Kier alpha value is -1.51. The van der Waals surface area contributed by atoms with Crippen LogP contribution in [-0.2, 0) is 11.2 Å². The molecule has 18 heavy (non-hydrogen) atoms. The third-order valence-corrected chi connectivity index (χ3v) is 3.60. The van der Waals surface area contributed by atoms with Crippen LogP contribution in [0.2, 0.25) is 0 Å². The number of nitrogens with one attached hydrogen (secondary N) is 1. The van der Waals surface area contributed by atoms with E-state index in [1.165, 1.54) is 5.56 Å². The summed E-state index contributed by atoms with van der Waals surface area (Å²) in [6, 6.07) is 8.04. The number of methoxy groups -OCH3 is 1. The Morgan fingerprint density at radius 2 is 2.17 bits per heavy atom. The number of para-hydroxylation sites is 1. The Bertz CT molecular complexity index is 403. The molecule has 1 aromatic carbocycles. The first-order valence-corrected chi connectivity index (χ1v) is 6.71. The van der Waals surface area contributed by atoms with Crippen LogP contribution < -0.4 is 10.1 Å². The molecule has 1 N–H and O–H groups in total. The van der Waals surface area contributed by atoms with Crippen LogP contribution in [0.3, 0.4) is 0 Å². The molecule has 3 heteroatoms. The number of carbonyl (C=O) groups excluding carboxylic acids is 1. The average Bonchev–Trinajstić information content (AvgIpc) is 2.61. The highest BCUT2D eigenvalue weighted by Crippen LogP contribution is 2.23. The van der Waals surface area contributed by atoms with Gasteiger partial charge in [-0.2, -0.15) is 0 Å². The number of hydrogen-bond acceptors (Lipinski definition) is 2. The normalized spacial score (nSPS) is 20.1. The minimum Gasteiger partial charge on any atom is -0.496 e. The Morgan fingerprint density at radius 3 is 3.00 bits per heavy atom. The standard InChI is InChI=1S/C15H21NO2/c1-18-14-8-3-2-6-12(14)9-10-13-7-4-5-11-16-15(13)17/h2-3,6,8,13H,4-5,7,9-11H2,1H3,(H,16,17). The predicted octanol–water partition coefficient (Wildman–Crippen LogP) is 2.54. The molecule has 98 valence electrons. The van der Waals surface area contributed by atoms with Crippen molar-refractivity contribution >= 4 is 5.91 Å². The molecule has 0 bridgehead atoms. The predicted molar refractivity (Wildman–Crippen MR) is 71.7 cm³/mol. The zero-order valence-corrected chi connectivity index (χ0v) is 10.9. The third-order valence-electron chi connectivity index (χ3n) is 3.60. The van der Waals surface area contributed by atoms with Gasteiger partial charge in [-0.3, -0.25) is 4.79 Å². The van der Waals surface area contributed by atoms with E-state index in [9.17, 15) is 4.79 Å². The van der Waals surface area contributed by atoms with Gasteiger partial charge in [-0.1, -0.05) is 24.6 Å². The molecule has 1 amide bonds. The maximum atomic E-state index is 11.8. The van der Waals surface area contributed by atoms with Gasteiger partial charge >= 0.3 is 0 Å². The van der Waals surface area contributed by atoms with Crippen LogP contribution in [0.5, 0.6) is 5.75 Å². The Kier molecular flexibility index (Phi) is 4.62. The highest BCUT2D eigenvalue weighted by atomic mass is 16.5. The fourth-order valence-electron chi connectivity index (χ4n) is 2.52. The van der Waals surface area contributed by atoms with Crippen molar-refractivity contribution < 1.29 is 9.53 Å². The number of hydrogen-bond donors (Lipinski definition) is 1. The largest absolute Gasteiger partial charge is 0.496 e. The van der Waals surface area contributed by atoms with Gasteiger partial charge in [-0.25, -0.2) is 0 Å². The topological polar surface area (TPSA) is 38.3 Å². The zero-order chi connectivity index (χ0) is 12.8. The highest BCUT2D eigenvalue weighted by Gasteiger charge is 2.20. The van der Waals surface area contributed by atoms with Crippen molar-refractivity contribution in [2.75, 3.05) is 13.7 Å². The monoisotopic (exact) mass is 247 g/mol. The van der Waals surface area contributed by atoms with E-state index in [1.54, 1.807) is 7.11 Å². The Labute approximate surface area is 109 Å². The Balaban J connectivity index is 1.95. The van der Waals surface area contributed by atoms with Crippen LogP contribution in [-0.4, -0.2) is 19.6 Å². The fourth-order valence-corrected chi connectivity index (χ4v) is 2.52. The summed E-state index contributed by atoms with van der Waals surface area (Å²) in [5.41, 5.74) is 1.19. The number of carbonyl (C=O) groups is 1. The number of rotatable bonds is 4. The maximum Gasteiger partial charge on any atom is 0.223 e. The summed E-state index contributed by atoms with van der Waals surface area (Å²) >= 11 is 0. The fraction of sp³-hybridized carbons (Fsp3) is 0.533. The Morgan fingerprint density at radius 1 is 1.33 bits per heavy atom. The molecule has 0 aromatic heterocycles. The molecule has 0 spiro atoms. The maximum absolute atomic E-state index is 11.8. The van der Waals surface area contributed by atoms with E-state index in [2.05, 4.69) is 11.4 Å². The third kappa shape index (κ3) is 3.25. The van der Waals surface area contributed by atoms with Crippen LogP contribution in [0.25, 0.3) is 0 Å². The molecule has 1 fully saturated rings. The van der Waals surface area contributed by atoms with Crippen LogP contribution in [0.15, 0.2) is 24.3 Å². The van der Waals surface area contributed by atoms with E-state index in [4.69, 9.17) is 4.74 Å². The SMILES string of the molecule is COc1ccccc1CCC1CCCCNC1=O. The molecule has 2 rings (SSSR count). The molecule has 1 atom stereocenters. The van der Waals surface area contributed by atoms with Gasteiger partial charge in [0.05, 0.1) is 7.11 Å². The molecular formula is C15H21NO2. The second-order valence-electron chi connectivity index (χ2n) is 4.83. The summed E-state index contributed by atoms with van der Waals surface area (Å²) in [6.07, 6.45) is 5.08. The summed E-state index contributed by atoms with van der Waals surface area (Å²) < 4.78 is 5.34. The van der Waals surface area contributed by atoms with Gasteiger partial charge in [0, 0.05) is 12.5 Å². The van der Waals surface area contributed by atoms with Gasteiger partial charge in [0.15, 0.2) is 0 Å². The van der Waals surface area contributed by atoms with Gasteiger partial charge in [0.25, 0.3) is 0 Å². The van der Waals surface area contributed by atoms with E-state index in [1.807, 2.05) is 18.2 Å². The van der Waals surface area contributed by atoms with E-state index >= 15 is 0 Å². The van der Waals surface area contributed by atoms with E-state index in [-0.39, 0.29) is 11.8 Å². The smallest absolute Gasteiger partial charge is 0.223 e. The molecule has 1 aliphatic heterocycles. The molecule has 3 nitrogen and oxygen atoms in total. The van der Waals surface area contributed by atoms with Crippen molar-refractivity contribution in [1.29, 1.82) is 0 Å². The quantitative estimate of drug-likeness (QED) is 0.888. The summed E-state index contributed by atoms with van der Waals surface area (Å²) in [5.74, 6) is 1.31. The van der Waals surface area contributed by atoms with Gasteiger partial charge in [-0.05, 0) is 37.3 Å². The van der Waals surface area contributed by atoms with Crippen LogP contribution >= 0.6 is 0 Å². The molecule has 1 aromatic rings. The minimum atomic E-state index is 0.164. The molecule has 0 saturated carbocycles. The van der Waals surface area contributed by atoms with E-state index in [0.717, 1.165) is 44.4 Å². The summed E-state index contributed by atoms with van der Waals surface area (Å²) in [6.45, 7) is 0.837. The number of amides is 1. The zero-order valence-electron chi connectivity index (χ0n) is 10.9. The lowest BCUT2D eigenvalue weighted by Gasteiger charge is -2.14. The van der Waals surface area contributed by atoms with Gasteiger partial charge in [0.2, 0.25) is 5.91 Å². The van der Waals surface area contributed by atoms with Crippen LogP contribution in [0, 0.1) is 5.92 Å². The number of aryl methyl sites for hydroxylation is 1. The molecular weight excluding hydrogens is 226 g/mol. The summed E-state index contributed by atoms with van der Waals surface area (Å²) in [4.78, 5) is 11.8. The van der Waals surface area contributed by atoms with Crippen molar-refractivity contribution in [3.63, 3.8) is 0 Å². The minimum absolute atomic E-state index is 0.164. The molecule has 1 saturated heterocycles. The molecule has 0 aliphatic carbocycles. The lowest BCUT2D eigenvalue weighted by Crippen LogP contribution is -2.29. The highest BCUT2D eigenvalue weighted by molar-refractivity contribution is 5.78. The first-order chi connectivity index (χ1) is 8.81. The molecule has 1 aliphatic rings. The van der Waals surface area contributed by atoms with Gasteiger partial charge < -0.3 is 10.1 Å². The van der Waals surface area contributed by atoms with Crippen LogP contribution in [0.1, 0.15) is 31.2 Å². The molecule has 1 unspecified atom stereocenters. The second kappa shape index (κ2) is 6.43. The van der Waals surface area contributed by atoms with E-state index < -0.39 is 0 Å². The second-order valence-corrected chi connectivity index (χ2v) is 4.83. The van der Waals surface area contributed by atoms with Gasteiger partial charge in [0.1, 0.15) is 5.75 Å². The van der Waals surface area contributed by atoms with Crippen molar-refractivity contribution in [2.45, 2.75) is 32.1 Å². The molecule has 0 radical (unpaired) electrons. The number of benzene rings is 1. The van der Waals surface area contributed by atoms with Crippen LogP contribution in [0.4, 0.5) is 0 Å². The first kappa shape index (κ1) is 12.9. The molecule has 1 heterocycles. The summed E-state index contributed by atoms with van der Waals surface area (Å²) in [5, 5.41) is 2.99. The first-order valence-electron chi connectivity index (χ1n) is 6.71. The van der Waals surface area contributed by atoms with Crippen molar-refractivity contribution in [1.82, 2.24) is 5.32 Å². The van der Waals surface area contributed by atoms with E-state index in [0.29, 0.717) is 0 Å². The number of ether oxygens (including phenoxy) is 1. The lowest BCUT2D eigenvalue weighted by molar-refractivity contribution is -0.124. The van der Waals surface area contributed by atoms with Crippen molar-refractivity contribution in [3.05, 3.63) is 29.8 Å².